The molecule has 0 amide bonds. The Morgan fingerprint density at radius 3 is 1.30 bits per heavy atom. The first kappa shape index (κ1) is 26.3. The van der Waals surface area contributed by atoms with Crippen LogP contribution in [0.25, 0.3) is 0 Å². The van der Waals surface area contributed by atoms with E-state index in [1.54, 1.807) is 0 Å². The van der Waals surface area contributed by atoms with E-state index in [1.165, 1.54) is 77.0 Å². The van der Waals surface area contributed by atoms with Crippen molar-refractivity contribution in [2.45, 2.75) is 103 Å². The molecule has 136 valence electrons. The van der Waals surface area contributed by atoms with Crippen molar-refractivity contribution in [3.63, 3.8) is 0 Å². The molecule has 0 spiro atoms. The van der Waals surface area contributed by atoms with Crippen LogP contribution in [0.2, 0.25) is 0 Å². The molecule has 0 aromatic rings. The molecular weight excluding hydrogens is 322 g/mol. The normalized spacial score (nSPS) is 11.4. The topological polar surface area (TPSA) is 66.8 Å². The summed E-state index contributed by atoms with van der Waals surface area (Å²) in [6.45, 7) is 2.43. The smallest absolute Gasteiger partial charge is 1.00 e. The number of rotatable bonds is 17. The molecular formula is C17H38NaO4P. The zero-order valence-electron chi connectivity index (χ0n) is 16.5. The van der Waals surface area contributed by atoms with Gasteiger partial charge >= 0.3 is 37.4 Å². The minimum Gasteiger partial charge on any atom is -1.00 e. The minimum absolute atomic E-state index is 0. The van der Waals surface area contributed by atoms with E-state index < -0.39 is 7.82 Å². The van der Waals surface area contributed by atoms with Crippen LogP contribution in [-0.4, -0.2) is 16.4 Å². The molecule has 2 N–H and O–H groups in total. The van der Waals surface area contributed by atoms with Crippen LogP contribution in [0.3, 0.4) is 0 Å². The molecule has 0 heterocycles. The second kappa shape index (κ2) is 19.4. The molecule has 0 aliphatic heterocycles. The van der Waals surface area contributed by atoms with E-state index in [4.69, 9.17) is 9.79 Å². The maximum absolute atomic E-state index is 10.5. The molecule has 0 radical (unpaired) electrons. The fourth-order valence-corrected chi connectivity index (χ4v) is 3.02. The monoisotopic (exact) mass is 360 g/mol. The third kappa shape index (κ3) is 25.5. The summed E-state index contributed by atoms with van der Waals surface area (Å²) in [5.41, 5.74) is 0. The average molecular weight is 360 g/mol. The predicted molar refractivity (Wildman–Crippen MR) is 94.0 cm³/mol. The van der Waals surface area contributed by atoms with Crippen LogP contribution in [-0.2, 0) is 9.09 Å². The van der Waals surface area contributed by atoms with Crippen LogP contribution >= 0.6 is 7.82 Å². The van der Waals surface area contributed by atoms with E-state index >= 15 is 0 Å². The quantitative estimate of drug-likeness (QED) is 0.238. The van der Waals surface area contributed by atoms with Crippen LogP contribution in [0.15, 0.2) is 0 Å². The second-order valence-electron chi connectivity index (χ2n) is 6.27. The maximum atomic E-state index is 10.5. The first-order valence-corrected chi connectivity index (χ1v) is 10.8. The van der Waals surface area contributed by atoms with Gasteiger partial charge in [-0.25, -0.2) is 4.57 Å². The van der Waals surface area contributed by atoms with E-state index in [2.05, 4.69) is 11.4 Å². The summed E-state index contributed by atoms with van der Waals surface area (Å²) in [6, 6.07) is 0. The van der Waals surface area contributed by atoms with Gasteiger partial charge in [0.15, 0.2) is 0 Å². The van der Waals surface area contributed by atoms with Crippen molar-refractivity contribution in [2.75, 3.05) is 6.61 Å². The first-order valence-electron chi connectivity index (χ1n) is 9.26. The summed E-state index contributed by atoms with van der Waals surface area (Å²) in [6.07, 6.45) is 19.2. The minimum atomic E-state index is -4.25. The van der Waals surface area contributed by atoms with Crippen molar-refractivity contribution in [1.29, 1.82) is 0 Å². The molecule has 0 fully saturated rings. The van der Waals surface area contributed by atoms with E-state index in [9.17, 15) is 4.57 Å². The summed E-state index contributed by atoms with van der Waals surface area (Å²) in [7, 11) is -4.25. The van der Waals surface area contributed by atoms with Crippen molar-refractivity contribution < 1.29 is 49.9 Å². The van der Waals surface area contributed by atoms with Crippen molar-refractivity contribution in [2.24, 2.45) is 0 Å². The molecule has 0 atom stereocenters. The zero-order valence-corrected chi connectivity index (χ0v) is 18.4. The third-order valence-electron chi connectivity index (χ3n) is 4.01. The number of hydrogen-bond acceptors (Lipinski definition) is 2. The predicted octanol–water partition coefficient (Wildman–Crippen LogP) is 3.08. The van der Waals surface area contributed by atoms with Crippen LogP contribution in [0.5, 0.6) is 0 Å². The first-order chi connectivity index (χ1) is 10.6. The standard InChI is InChI=1S/C17H37O4P.Na.H/c1-2-3-4-5-6-7-8-9-10-11-12-13-14-15-16-17-21-22(18,19)20;;/h2-17H2,1H3,(H2,18,19,20);;/q;+1;-1. The van der Waals surface area contributed by atoms with Gasteiger partial charge in [-0.05, 0) is 6.42 Å². The van der Waals surface area contributed by atoms with Gasteiger partial charge in [-0.1, -0.05) is 96.8 Å². The fraction of sp³-hybridized carbons (Fsp3) is 1.00. The Morgan fingerprint density at radius 2 is 1.00 bits per heavy atom. The Balaban J connectivity index is -0.00000220. The Bertz CT molecular complexity index is 277. The van der Waals surface area contributed by atoms with E-state index in [0.717, 1.165) is 19.3 Å². The summed E-state index contributed by atoms with van der Waals surface area (Å²) in [5.74, 6) is 0. The second-order valence-corrected chi connectivity index (χ2v) is 7.51. The summed E-state index contributed by atoms with van der Waals surface area (Å²) in [5, 5.41) is 0. The molecule has 0 saturated carbocycles. The van der Waals surface area contributed by atoms with Crippen molar-refractivity contribution in [1.82, 2.24) is 0 Å². The molecule has 0 unspecified atom stereocenters. The zero-order chi connectivity index (χ0) is 16.5. The Morgan fingerprint density at radius 1 is 0.696 bits per heavy atom. The van der Waals surface area contributed by atoms with Gasteiger partial charge in [0.25, 0.3) is 0 Å². The number of phosphoric acid groups is 1. The van der Waals surface area contributed by atoms with Gasteiger partial charge in [0.05, 0.1) is 6.61 Å². The van der Waals surface area contributed by atoms with Crippen LogP contribution < -0.4 is 29.6 Å². The summed E-state index contributed by atoms with van der Waals surface area (Å²) in [4.78, 5) is 17.0. The molecule has 23 heavy (non-hydrogen) atoms. The molecule has 0 saturated heterocycles. The fourth-order valence-electron chi connectivity index (χ4n) is 2.66. The van der Waals surface area contributed by atoms with E-state index in [1.807, 2.05) is 0 Å². The number of phosphoric ester groups is 1. The van der Waals surface area contributed by atoms with Gasteiger partial charge in [0.2, 0.25) is 0 Å². The van der Waals surface area contributed by atoms with E-state index in [-0.39, 0.29) is 37.6 Å². The van der Waals surface area contributed by atoms with Gasteiger partial charge in [-0.15, -0.1) is 0 Å². The Hall–Kier alpha value is 1.11. The van der Waals surface area contributed by atoms with Gasteiger partial charge in [0, 0.05) is 0 Å². The largest absolute Gasteiger partial charge is 1.00 e. The van der Waals surface area contributed by atoms with Crippen molar-refractivity contribution in [3.05, 3.63) is 0 Å². The van der Waals surface area contributed by atoms with Crippen LogP contribution in [0.1, 0.15) is 105 Å². The van der Waals surface area contributed by atoms with Gasteiger partial charge in [-0.3, -0.25) is 4.52 Å². The van der Waals surface area contributed by atoms with Crippen molar-refractivity contribution in [3.8, 4) is 0 Å². The SMILES string of the molecule is CCCCCCCCCCCCCCCCCOP(=O)(O)O.[H-].[Na+]. The molecule has 0 aliphatic rings. The number of unbranched alkanes of at least 4 members (excludes halogenated alkanes) is 14. The number of hydrogen-bond donors (Lipinski definition) is 2. The van der Waals surface area contributed by atoms with Gasteiger partial charge in [0.1, 0.15) is 0 Å². The molecule has 6 heteroatoms. The third-order valence-corrected chi connectivity index (χ3v) is 4.53. The summed E-state index contributed by atoms with van der Waals surface area (Å²) < 4.78 is 14.9. The Kier molecular flexibility index (Phi) is 22.3. The molecule has 0 aliphatic carbocycles. The molecule has 4 nitrogen and oxygen atoms in total. The van der Waals surface area contributed by atoms with Crippen molar-refractivity contribution >= 4 is 7.82 Å². The molecule has 0 aromatic heterocycles. The van der Waals surface area contributed by atoms with Crippen LogP contribution in [0.4, 0.5) is 0 Å². The molecule has 0 aromatic carbocycles. The van der Waals surface area contributed by atoms with Gasteiger partial charge < -0.3 is 11.2 Å². The molecule has 0 bridgehead atoms. The Labute approximate surface area is 167 Å². The van der Waals surface area contributed by atoms with Crippen LogP contribution in [0, 0.1) is 0 Å². The maximum Gasteiger partial charge on any atom is 1.00 e. The average Bonchev–Trinajstić information content (AvgIpc) is 2.45. The van der Waals surface area contributed by atoms with Gasteiger partial charge in [-0.2, -0.15) is 0 Å². The molecule has 0 rings (SSSR count). The van der Waals surface area contributed by atoms with E-state index in [0.29, 0.717) is 0 Å². The summed E-state index contributed by atoms with van der Waals surface area (Å²) >= 11 is 0.